The SMILES string of the molecule is C=C(Cl)/C=C\C=C(/F)[C@H]1[C@@H]2C(=O)N(c3ccc(C(=O)OC)cc3)C[C@@H]2N(CCC(F)(F)F)[C@@]12C(=O)Nc1cc(Cl)ccc12. The average molecular weight is 638 g/mol. The molecule has 2 aromatic carbocycles. The van der Waals surface area contributed by atoms with Gasteiger partial charge in [-0.1, -0.05) is 41.9 Å². The van der Waals surface area contributed by atoms with Gasteiger partial charge in [0.25, 0.3) is 0 Å². The largest absolute Gasteiger partial charge is 0.465 e. The number of halogens is 6. The summed E-state index contributed by atoms with van der Waals surface area (Å²) >= 11 is 11.9. The fraction of sp³-hybridized carbons (Fsp3) is 0.300. The van der Waals surface area contributed by atoms with Gasteiger partial charge in [-0.15, -0.1) is 0 Å². The van der Waals surface area contributed by atoms with Gasteiger partial charge in [0.2, 0.25) is 11.8 Å². The number of carbonyl (C=O) groups excluding carboxylic acids is 3. The van der Waals surface area contributed by atoms with E-state index >= 15 is 4.39 Å². The summed E-state index contributed by atoms with van der Waals surface area (Å²) in [6.45, 7) is 2.70. The van der Waals surface area contributed by atoms with Crippen molar-refractivity contribution in [3.63, 3.8) is 0 Å². The monoisotopic (exact) mass is 637 g/mol. The number of likely N-dealkylation sites (tertiary alicyclic amines) is 1. The van der Waals surface area contributed by atoms with Crippen molar-refractivity contribution in [2.45, 2.75) is 24.2 Å². The van der Waals surface area contributed by atoms with Gasteiger partial charge < -0.3 is 15.0 Å². The molecular weight excluding hydrogens is 613 g/mol. The lowest BCUT2D eigenvalue weighted by Gasteiger charge is -2.40. The molecule has 3 aliphatic heterocycles. The van der Waals surface area contributed by atoms with Crippen molar-refractivity contribution in [3.8, 4) is 0 Å². The Balaban J connectivity index is 1.67. The van der Waals surface area contributed by atoms with E-state index in [9.17, 15) is 27.6 Å². The number of methoxy groups -OCH3 is 1. The first kappa shape index (κ1) is 30.8. The Bertz CT molecular complexity index is 1560. The fourth-order valence-corrected chi connectivity index (χ4v) is 6.66. The average Bonchev–Trinajstić information content (AvgIpc) is 3.53. The maximum atomic E-state index is 16.4. The Morgan fingerprint density at radius 2 is 1.91 bits per heavy atom. The zero-order valence-corrected chi connectivity index (χ0v) is 24.1. The van der Waals surface area contributed by atoms with Crippen molar-refractivity contribution in [1.82, 2.24) is 4.90 Å². The summed E-state index contributed by atoms with van der Waals surface area (Å²) < 4.78 is 62.1. The Hall–Kier alpha value is -3.67. The molecule has 0 bridgehead atoms. The van der Waals surface area contributed by atoms with Gasteiger partial charge in [-0.2, -0.15) is 13.2 Å². The van der Waals surface area contributed by atoms with Gasteiger partial charge in [0.15, 0.2) is 0 Å². The Morgan fingerprint density at radius 1 is 1.21 bits per heavy atom. The van der Waals surface area contributed by atoms with Gasteiger partial charge >= 0.3 is 12.1 Å². The van der Waals surface area contributed by atoms with Crippen LogP contribution in [0.25, 0.3) is 0 Å². The molecule has 2 saturated heterocycles. The standard InChI is InChI=1S/C30H25Cl2F4N3O4/c1-16(31)4-3-5-21(33)25-24-23(15-38(26(24)40)19-9-6-17(7-10-19)27(41)43-2)39(13-12-29(34,35)36)30(25)20-11-8-18(32)14-22(20)37-28(30)42/h3-11,14,23-25H,1,12-13,15H2,2H3,(H,37,42)/b4-3-,21-5-/t23-,24+,25-,30+/m0/s1. The summed E-state index contributed by atoms with van der Waals surface area (Å²) in [6, 6.07) is 9.27. The van der Waals surface area contributed by atoms with E-state index in [1.165, 1.54) is 71.5 Å². The van der Waals surface area contributed by atoms with E-state index in [0.29, 0.717) is 5.69 Å². The van der Waals surface area contributed by atoms with E-state index in [2.05, 4.69) is 11.9 Å². The molecule has 1 spiro atoms. The molecule has 43 heavy (non-hydrogen) atoms. The molecule has 1 N–H and O–H groups in total. The van der Waals surface area contributed by atoms with Gasteiger partial charge in [-0.25, -0.2) is 9.18 Å². The molecule has 5 rings (SSSR count). The highest BCUT2D eigenvalue weighted by molar-refractivity contribution is 6.31. The van der Waals surface area contributed by atoms with E-state index in [1.807, 2.05) is 0 Å². The van der Waals surface area contributed by atoms with Crippen LogP contribution in [0.5, 0.6) is 0 Å². The van der Waals surface area contributed by atoms with Crippen LogP contribution in [0, 0.1) is 11.8 Å². The van der Waals surface area contributed by atoms with Crippen LogP contribution in [0.1, 0.15) is 22.3 Å². The zero-order valence-electron chi connectivity index (χ0n) is 22.6. The molecule has 2 amide bonds. The number of benzene rings is 2. The van der Waals surface area contributed by atoms with Crippen LogP contribution in [0.3, 0.4) is 0 Å². The van der Waals surface area contributed by atoms with E-state index in [1.54, 1.807) is 0 Å². The number of carbonyl (C=O) groups is 3. The molecule has 3 aliphatic rings. The van der Waals surface area contributed by atoms with Gasteiger partial charge in [-0.3, -0.25) is 14.5 Å². The van der Waals surface area contributed by atoms with Gasteiger partial charge in [-0.05, 0) is 48.6 Å². The summed E-state index contributed by atoms with van der Waals surface area (Å²) in [6.07, 6.45) is -2.32. The molecule has 0 aromatic heterocycles. The number of hydrogen-bond donors (Lipinski definition) is 1. The summed E-state index contributed by atoms with van der Waals surface area (Å²) in [5, 5.41) is 3.01. The molecule has 0 saturated carbocycles. The minimum atomic E-state index is -4.60. The van der Waals surface area contributed by atoms with Crippen LogP contribution in [0.2, 0.25) is 5.02 Å². The molecule has 7 nitrogen and oxygen atoms in total. The number of nitrogens with zero attached hydrogens (tertiary/aromatic N) is 2. The van der Waals surface area contributed by atoms with E-state index in [0.717, 1.165) is 6.08 Å². The highest BCUT2D eigenvalue weighted by atomic mass is 35.5. The number of ether oxygens (including phenoxy) is 1. The number of allylic oxidation sites excluding steroid dienone is 4. The topological polar surface area (TPSA) is 79.0 Å². The molecule has 0 unspecified atom stereocenters. The number of rotatable bonds is 7. The molecule has 226 valence electrons. The molecule has 2 aromatic rings. The lowest BCUT2D eigenvalue weighted by molar-refractivity contribution is -0.147. The molecule has 4 atom stereocenters. The minimum absolute atomic E-state index is 0.0898. The van der Waals surface area contributed by atoms with Gasteiger partial charge in [0, 0.05) is 46.1 Å². The lowest BCUT2D eigenvalue weighted by Crippen LogP contribution is -2.55. The first-order valence-electron chi connectivity index (χ1n) is 13.1. The van der Waals surface area contributed by atoms with Crippen LogP contribution >= 0.6 is 23.2 Å². The number of amides is 2. The summed E-state index contributed by atoms with van der Waals surface area (Å²) in [5.41, 5.74) is -0.967. The minimum Gasteiger partial charge on any atom is -0.465 e. The number of hydrogen-bond acceptors (Lipinski definition) is 5. The van der Waals surface area contributed by atoms with E-state index in [4.69, 9.17) is 27.9 Å². The van der Waals surface area contributed by atoms with Crippen molar-refractivity contribution < 1.29 is 36.7 Å². The number of anilines is 2. The third-order valence-electron chi connectivity index (χ3n) is 8.05. The smallest absolute Gasteiger partial charge is 0.390 e. The predicted molar refractivity (Wildman–Crippen MR) is 153 cm³/mol. The number of alkyl halides is 3. The number of fused-ring (bicyclic) bond motifs is 3. The normalized spacial score (nSPS) is 25.4. The van der Waals surface area contributed by atoms with Gasteiger partial charge in [0.05, 0.1) is 30.9 Å². The fourth-order valence-electron chi connectivity index (χ4n) is 6.41. The van der Waals surface area contributed by atoms with Crippen molar-refractivity contribution in [2.24, 2.45) is 11.8 Å². The third kappa shape index (κ3) is 5.34. The first-order chi connectivity index (χ1) is 20.3. The Kier molecular flexibility index (Phi) is 8.19. The predicted octanol–water partition coefficient (Wildman–Crippen LogP) is 6.35. The van der Waals surface area contributed by atoms with E-state index < -0.39 is 66.2 Å². The van der Waals surface area contributed by atoms with Crippen LogP contribution in [-0.2, 0) is 19.9 Å². The molecule has 0 radical (unpaired) electrons. The summed E-state index contributed by atoms with van der Waals surface area (Å²) in [4.78, 5) is 42.6. The van der Waals surface area contributed by atoms with Gasteiger partial charge in [0.1, 0.15) is 11.4 Å². The van der Waals surface area contributed by atoms with Crippen LogP contribution < -0.4 is 10.2 Å². The van der Waals surface area contributed by atoms with Crippen molar-refractivity contribution in [2.75, 3.05) is 30.4 Å². The molecule has 13 heteroatoms. The summed E-state index contributed by atoms with van der Waals surface area (Å²) in [7, 11) is 1.22. The first-order valence-corrected chi connectivity index (χ1v) is 13.9. The van der Waals surface area contributed by atoms with Crippen LogP contribution in [0.4, 0.5) is 28.9 Å². The van der Waals surface area contributed by atoms with E-state index in [-0.39, 0.29) is 33.4 Å². The molecule has 3 heterocycles. The number of esters is 1. The molecule has 0 aliphatic carbocycles. The maximum Gasteiger partial charge on any atom is 0.390 e. The van der Waals surface area contributed by atoms with Crippen LogP contribution in [-0.4, -0.2) is 55.1 Å². The number of nitrogens with one attached hydrogen (secondary N) is 1. The Morgan fingerprint density at radius 3 is 2.53 bits per heavy atom. The summed E-state index contributed by atoms with van der Waals surface area (Å²) in [5.74, 6) is -5.59. The second kappa shape index (κ2) is 11.4. The lowest BCUT2D eigenvalue weighted by atomic mass is 9.74. The third-order valence-corrected chi connectivity index (χ3v) is 8.41. The van der Waals surface area contributed by atoms with Crippen molar-refractivity contribution >= 4 is 52.4 Å². The van der Waals surface area contributed by atoms with Crippen LogP contribution in [0.15, 0.2) is 78.1 Å². The molecular formula is C30H25Cl2F4N3O4. The quantitative estimate of drug-likeness (QED) is 0.217. The second-order valence-electron chi connectivity index (χ2n) is 10.4. The van der Waals surface area contributed by atoms with Crippen molar-refractivity contribution in [3.05, 3.63) is 94.3 Å². The second-order valence-corrected chi connectivity index (χ2v) is 11.3. The Labute approximate surface area is 254 Å². The molecule has 2 fully saturated rings. The highest BCUT2D eigenvalue weighted by Gasteiger charge is 2.71. The maximum absolute atomic E-state index is 16.4. The highest BCUT2D eigenvalue weighted by Crippen LogP contribution is 2.60. The zero-order chi connectivity index (χ0) is 31.3. The van der Waals surface area contributed by atoms with Crippen molar-refractivity contribution in [1.29, 1.82) is 0 Å².